The van der Waals surface area contributed by atoms with Gasteiger partial charge in [-0.1, -0.05) is 26.0 Å². The minimum absolute atomic E-state index is 0.483. The number of benzene rings is 1. The molecule has 16 heavy (non-hydrogen) atoms. The molecular formula is C12H15N3O. The SMILES string of the molecule is CC(C)Cc1ccc(Oc2cn[nH]n2)cc1. The molecule has 0 aliphatic carbocycles. The lowest BCUT2D eigenvalue weighted by Gasteiger charge is -2.06. The lowest BCUT2D eigenvalue weighted by molar-refractivity contribution is 0.461. The van der Waals surface area contributed by atoms with E-state index >= 15 is 0 Å². The Bertz CT molecular complexity index is 420. The molecule has 0 radical (unpaired) electrons. The Morgan fingerprint density at radius 3 is 2.56 bits per heavy atom. The monoisotopic (exact) mass is 217 g/mol. The van der Waals surface area contributed by atoms with E-state index in [1.54, 1.807) is 6.20 Å². The Labute approximate surface area is 94.6 Å². The smallest absolute Gasteiger partial charge is 0.258 e. The topological polar surface area (TPSA) is 50.8 Å². The van der Waals surface area contributed by atoms with E-state index < -0.39 is 0 Å². The van der Waals surface area contributed by atoms with Crippen LogP contribution in [0, 0.1) is 5.92 Å². The van der Waals surface area contributed by atoms with Gasteiger partial charge in [0.05, 0.1) is 0 Å². The van der Waals surface area contributed by atoms with E-state index in [0.29, 0.717) is 11.8 Å². The van der Waals surface area contributed by atoms with Crippen molar-refractivity contribution in [1.29, 1.82) is 0 Å². The second-order valence-electron chi connectivity index (χ2n) is 4.15. The fourth-order valence-corrected chi connectivity index (χ4v) is 1.53. The molecule has 4 heteroatoms. The van der Waals surface area contributed by atoms with Crippen molar-refractivity contribution < 1.29 is 4.74 Å². The molecular weight excluding hydrogens is 202 g/mol. The molecule has 2 aromatic rings. The number of aromatic amines is 1. The van der Waals surface area contributed by atoms with Gasteiger partial charge in [0.15, 0.2) is 0 Å². The molecule has 0 saturated heterocycles. The van der Waals surface area contributed by atoms with Gasteiger partial charge in [0.2, 0.25) is 0 Å². The summed E-state index contributed by atoms with van der Waals surface area (Å²) in [5, 5.41) is 10.0. The van der Waals surface area contributed by atoms with Crippen LogP contribution in [0.3, 0.4) is 0 Å². The molecule has 1 N–H and O–H groups in total. The largest absolute Gasteiger partial charge is 0.436 e. The number of nitrogens with one attached hydrogen (secondary N) is 1. The second kappa shape index (κ2) is 4.79. The maximum absolute atomic E-state index is 5.47. The Morgan fingerprint density at radius 2 is 2.00 bits per heavy atom. The van der Waals surface area contributed by atoms with Crippen LogP contribution in [-0.2, 0) is 6.42 Å². The number of hydrogen-bond acceptors (Lipinski definition) is 3. The van der Waals surface area contributed by atoms with Crippen molar-refractivity contribution in [3.63, 3.8) is 0 Å². The molecule has 4 nitrogen and oxygen atoms in total. The molecule has 1 aromatic heterocycles. The number of ether oxygens (including phenoxy) is 1. The number of rotatable bonds is 4. The van der Waals surface area contributed by atoms with Gasteiger partial charge in [0.25, 0.3) is 5.88 Å². The third-order valence-electron chi connectivity index (χ3n) is 2.18. The normalized spacial score (nSPS) is 10.7. The van der Waals surface area contributed by atoms with Gasteiger partial charge in [-0.3, -0.25) is 0 Å². The minimum Gasteiger partial charge on any atom is -0.436 e. The highest BCUT2D eigenvalue weighted by Crippen LogP contribution is 2.19. The molecule has 0 bridgehead atoms. The van der Waals surface area contributed by atoms with Gasteiger partial charge in [0.1, 0.15) is 11.9 Å². The number of H-pyrrole nitrogens is 1. The first-order valence-electron chi connectivity index (χ1n) is 5.36. The first-order valence-corrected chi connectivity index (χ1v) is 5.36. The van der Waals surface area contributed by atoms with Gasteiger partial charge in [-0.25, -0.2) is 0 Å². The molecule has 0 unspecified atom stereocenters. The summed E-state index contributed by atoms with van der Waals surface area (Å²) in [6, 6.07) is 8.06. The van der Waals surface area contributed by atoms with Gasteiger partial charge < -0.3 is 4.74 Å². The highest BCUT2D eigenvalue weighted by Gasteiger charge is 2.01. The molecule has 0 amide bonds. The van der Waals surface area contributed by atoms with Crippen LogP contribution in [0.25, 0.3) is 0 Å². The summed E-state index contributed by atoms with van der Waals surface area (Å²) in [5.41, 5.74) is 1.32. The van der Waals surface area contributed by atoms with Crippen molar-refractivity contribution in [2.24, 2.45) is 5.92 Å². The van der Waals surface area contributed by atoms with Crippen LogP contribution in [-0.4, -0.2) is 15.4 Å². The van der Waals surface area contributed by atoms with Crippen molar-refractivity contribution in [3.05, 3.63) is 36.0 Å². The fraction of sp³-hybridized carbons (Fsp3) is 0.333. The highest BCUT2D eigenvalue weighted by molar-refractivity contribution is 5.29. The summed E-state index contributed by atoms with van der Waals surface area (Å²) in [6.07, 6.45) is 2.63. The fourth-order valence-electron chi connectivity index (χ4n) is 1.53. The zero-order valence-electron chi connectivity index (χ0n) is 9.47. The molecule has 0 fully saturated rings. The third-order valence-corrected chi connectivity index (χ3v) is 2.18. The van der Waals surface area contributed by atoms with E-state index in [9.17, 15) is 0 Å². The molecule has 0 aliphatic rings. The average molecular weight is 217 g/mol. The number of nitrogens with zero attached hydrogens (tertiary/aromatic N) is 2. The molecule has 1 heterocycles. The van der Waals surface area contributed by atoms with Gasteiger partial charge in [-0.05, 0) is 30.0 Å². The van der Waals surface area contributed by atoms with Crippen LogP contribution >= 0.6 is 0 Å². The Hall–Kier alpha value is -1.84. The maximum atomic E-state index is 5.47. The molecule has 0 atom stereocenters. The van der Waals surface area contributed by atoms with Crippen LogP contribution in [0.4, 0.5) is 0 Å². The number of aromatic nitrogens is 3. The van der Waals surface area contributed by atoms with Crippen molar-refractivity contribution in [2.75, 3.05) is 0 Å². The summed E-state index contributed by atoms with van der Waals surface area (Å²) >= 11 is 0. The average Bonchev–Trinajstić information content (AvgIpc) is 2.73. The quantitative estimate of drug-likeness (QED) is 0.856. The highest BCUT2D eigenvalue weighted by atomic mass is 16.5. The van der Waals surface area contributed by atoms with Crippen molar-refractivity contribution >= 4 is 0 Å². The molecule has 84 valence electrons. The lowest BCUT2D eigenvalue weighted by Crippen LogP contribution is -1.93. The predicted molar refractivity (Wildman–Crippen MR) is 61.4 cm³/mol. The molecule has 2 rings (SSSR count). The van der Waals surface area contributed by atoms with E-state index in [2.05, 4.69) is 41.4 Å². The van der Waals surface area contributed by atoms with Gasteiger partial charge in [0, 0.05) is 0 Å². The van der Waals surface area contributed by atoms with Crippen LogP contribution in [0.2, 0.25) is 0 Å². The summed E-state index contributed by atoms with van der Waals surface area (Å²) < 4.78 is 5.47. The lowest BCUT2D eigenvalue weighted by atomic mass is 10.0. The van der Waals surface area contributed by atoms with Crippen LogP contribution in [0.1, 0.15) is 19.4 Å². The maximum Gasteiger partial charge on any atom is 0.258 e. The van der Waals surface area contributed by atoms with Crippen molar-refractivity contribution in [3.8, 4) is 11.6 Å². The van der Waals surface area contributed by atoms with E-state index in [0.717, 1.165) is 12.2 Å². The van der Waals surface area contributed by atoms with E-state index in [-0.39, 0.29) is 0 Å². The van der Waals surface area contributed by atoms with E-state index in [4.69, 9.17) is 4.74 Å². The van der Waals surface area contributed by atoms with Gasteiger partial charge >= 0.3 is 0 Å². The first kappa shape index (κ1) is 10.7. The van der Waals surface area contributed by atoms with Crippen LogP contribution in [0.5, 0.6) is 11.6 Å². The minimum atomic E-state index is 0.483. The van der Waals surface area contributed by atoms with Crippen LogP contribution < -0.4 is 4.74 Å². The summed E-state index contributed by atoms with van der Waals surface area (Å²) in [4.78, 5) is 0. The van der Waals surface area contributed by atoms with E-state index in [1.807, 2.05) is 12.1 Å². The summed E-state index contributed by atoms with van der Waals surface area (Å²) in [6.45, 7) is 4.42. The Kier molecular flexibility index (Phi) is 3.19. The Morgan fingerprint density at radius 1 is 1.25 bits per heavy atom. The van der Waals surface area contributed by atoms with Gasteiger partial charge in [-0.2, -0.15) is 10.3 Å². The summed E-state index contributed by atoms with van der Waals surface area (Å²) in [5.74, 6) is 1.93. The third kappa shape index (κ3) is 2.82. The molecule has 1 aromatic carbocycles. The first-order chi connectivity index (χ1) is 7.74. The number of hydrogen-bond donors (Lipinski definition) is 1. The van der Waals surface area contributed by atoms with Crippen molar-refractivity contribution in [2.45, 2.75) is 20.3 Å². The Balaban J connectivity index is 2.02. The van der Waals surface area contributed by atoms with Gasteiger partial charge in [-0.15, -0.1) is 5.10 Å². The zero-order valence-corrected chi connectivity index (χ0v) is 9.47. The van der Waals surface area contributed by atoms with Crippen molar-refractivity contribution in [1.82, 2.24) is 15.4 Å². The molecule has 0 saturated carbocycles. The van der Waals surface area contributed by atoms with E-state index in [1.165, 1.54) is 5.56 Å². The zero-order chi connectivity index (χ0) is 11.4. The predicted octanol–water partition coefficient (Wildman–Crippen LogP) is 2.80. The summed E-state index contributed by atoms with van der Waals surface area (Å²) in [7, 11) is 0. The molecule has 0 aliphatic heterocycles. The molecule has 0 spiro atoms. The second-order valence-corrected chi connectivity index (χ2v) is 4.15. The standard InChI is InChI=1S/C12H15N3O/c1-9(2)7-10-3-5-11(6-4-10)16-12-8-13-15-14-12/h3-6,8-9H,7H2,1-2H3,(H,13,14,15). The van der Waals surface area contributed by atoms with Crippen LogP contribution in [0.15, 0.2) is 30.5 Å².